The van der Waals surface area contributed by atoms with Gasteiger partial charge >= 0.3 is 31.1 Å². The smallest absolute Gasteiger partial charge is 0.382 e. The molecule has 7 rings (SSSR count). The molecule has 25 heteroatoms. The second-order valence-corrected chi connectivity index (χ2v) is 20.2. The molecule has 0 bridgehead atoms. The molecule has 6 unspecified atom stereocenters. The molecule has 6 N–H and O–H groups in total. The SMILES string of the molecule is CCCSc1nc(N)c2ncn([C@@H]3O[C@H](COP(=O)(O)OP(=O)(O)OP(=O)(O)OP(=O)(O)Cc4ccccc4)C4OC(c5ccc6ccccc6c5)O[C@@H]43)c2n1. The molecule has 0 radical (unpaired) electrons. The molecular formula is C31H35N5O15P4S. The molecule has 3 aromatic carbocycles. The second-order valence-electron chi connectivity index (χ2n) is 12.5. The monoisotopic (exact) mass is 873 g/mol. The number of phosphoric ester groups is 1. The average molecular weight is 874 g/mol. The summed E-state index contributed by atoms with van der Waals surface area (Å²) in [6.45, 7) is 1.18. The van der Waals surface area contributed by atoms with E-state index >= 15 is 0 Å². The lowest BCUT2D eigenvalue weighted by Crippen LogP contribution is -2.31. The van der Waals surface area contributed by atoms with Crippen molar-refractivity contribution in [3.05, 3.63) is 90.3 Å². The Hall–Kier alpha value is -2.90. The van der Waals surface area contributed by atoms with E-state index in [-0.39, 0.29) is 16.9 Å². The Balaban J connectivity index is 1.09. The third-order valence-electron chi connectivity index (χ3n) is 8.30. The first-order valence-electron chi connectivity index (χ1n) is 16.7. The van der Waals surface area contributed by atoms with Crippen LogP contribution in [0.3, 0.4) is 0 Å². The molecule has 2 aromatic heterocycles. The molecule has 9 atom stereocenters. The zero-order valence-electron chi connectivity index (χ0n) is 29.1. The number of nitrogens with two attached hydrogens (primary N) is 1. The number of phosphoric acid groups is 3. The summed E-state index contributed by atoms with van der Waals surface area (Å²) in [6.07, 6.45) is -3.59. The molecule has 2 aliphatic rings. The summed E-state index contributed by atoms with van der Waals surface area (Å²) in [5.41, 5.74) is 7.68. The Morgan fingerprint density at radius 2 is 1.50 bits per heavy atom. The van der Waals surface area contributed by atoms with E-state index in [0.29, 0.717) is 16.4 Å². The van der Waals surface area contributed by atoms with Crippen LogP contribution in [-0.4, -0.2) is 69.8 Å². The molecule has 0 aliphatic carbocycles. The highest BCUT2D eigenvalue weighted by Crippen LogP contribution is 2.71. The molecule has 0 spiro atoms. The van der Waals surface area contributed by atoms with Crippen LogP contribution in [-0.2, 0) is 56.1 Å². The Bertz CT molecular complexity index is 2430. The first-order valence-corrected chi connectivity index (χ1v) is 23.9. The number of thioether (sulfide) groups is 1. The van der Waals surface area contributed by atoms with Crippen molar-refractivity contribution in [1.82, 2.24) is 19.5 Å². The van der Waals surface area contributed by atoms with Crippen LogP contribution in [0.4, 0.5) is 5.82 Å². The second kappa shape index (κ2) is 16.4. The topological polar surface area (TPSA) is 283 Å². The van der Waals surface area contributed by atoms with Crippen LogP contribution >= 0.6 is 42.8 Å². The van der Waals surface area contributed by atoms with Crippen LogP contribution in [0.1, 0.15) is 37.0 Å². The Morgan fingerprint density at radius 1 is 0.821 bits per heavy atom. The lowest BCUT2D eigenvalue weighted by molar-refractivity contribution is -0.152. The Kier molecular flexibility index (Phi) is 12.1. The van der Waals surface area contributed by atoms with Gasteiger partial charge in [0.25, 0.3) is 0 Å². The molecule has 5 aromatic rings. The third kappa shape index (κ3) is 9.68. The minimum absolute atomic E-state index is 0.129. The van der Waals surface area contributed by atoms with Crippen LogP contribution in [0.25, 0.3) is 21.9 Å². The number of aromatic nitrogens is 4. The minimum Gasteiger partial charge on any atom is -0.382 e. The van der Waals surface area contributed by atoms with Gasteiger partial charge in [-0.2, -0.15) is 8.62 Å². The number of ether oxygens (including phenoxy) is 3. The molecule has 4 heterocycles. The van der Waals surface area contributed by atoms with E-state index < -0.39 is 74.7 Å². The normalized spacial score (nSPS) is 25.3. The highest BCUT2D eigenvalue weighted by Gasteiger charge is 2.55. The van der Waals surface area contributed by atoms with Gasteiger partial charge in [0.05, 0.1) is 19.1 Å². The largest absolute Gasteiger partial charge is 0.490 e. The predicted molar refractivity (Wildman–Crippen MR) is 200 cm³/mol. The van der Waals surface area contributed by atoms with Gasteiger partial charge in [0, 0.05) is 11.3 Å². The fourth-order valence-electron chi connectivity index (χ4n) is 6.05. The summed E-state index contributed by atoms with van der Waals surface area (Å²) in [4.78, 5) is 53.9. The maximum atomic E-state index is 13.0. The highest BCUT2D eigenvalue weighted by molar-refractivity contribution is 7.99. The van der Waals surface area contributed by atoms with Crippen LogP contribution in [0.2, 0.25) is 0 Å². The van der Waals surface area contributed by atoms with E-state index in [2.05, 4.69) is 27.9 Å². The number of rotatable bonds is 16. The van der Waals surface area contributed by atoms with Crippen LogP contribution in [0.5, 0.6) is 0 Å². The summed E-state index contributed by atoms with van der Waals surface area (Å²) >= 11 is 1.39. The van der Waals surface area contributed by atoms with Crippen molar-refractivity contribution in [3.63, 3.8) is 0 Å². The van der Waals surface area contributed by atoms with E-state index in [1.165, 1.54) is 42.4 Å². The summed E-state index contributed by atoms with van der Waals surface area (Å²) in [6, 6.07) is 20.8. The van der Waals surface area contributed by atoms with Gasteiger partial charge in [0.15, 0.2) is 29.1 Å². The predicted octanol–water partition coefficient (Wildman–Crippen LogP) is 6.20. The number of imidazole rings is 1. The van der Waals surface area contributed by atoms with Crippen molar-refractivity contribution in [2.45, 2.75) is 55.5 Å². The fourth-order valence-corrected chi connectivity index (χ4v) is 12.3. The van der Waals surface area contributed by atoms with Gasteiger partial charge in [-0.1, -0.05) is 85.4 Å². The zero-order valence-corrected chi connectivity index (χ0v) is 33.5. The van der Waals surface area contributed by atoms with Gasteiger partial charge in [-0.25, -0.2) is 33.0 Å². The maximum Gasteiger partial charge on any atom is 0.490 e. The lowest BCUT2D eigenvalue weighted by Gasteiger charge is -2.23. The average Bonchev–Trinajstić information content (AvgIpc) is 3.83. The quantitative estimate of drug-likeness (QED) is 0.0419. The minimum atomic E-state index is -6.00. The number of hydrogen-bond donors (Lipinski definition) is 5. The van der Waals surface area contributed by atoms with E-state index in [1.807, 2.05) is 49.4 Å². The van der Waals surface area contributed by atoms with Gasteiger partial charge in [0.2, 0.25) is 0 Å². The number of hydrogen-bond acceptors (Lipinski definition) is 16. The van der Waals surface area contributed by atoms with E-state index in [4.69, 9.17) is 24.5 Å². The molecule has 2 saturated heterocycles. The van der Waals surface area contributed by atoms with Crippen molar-refractivity contribution in [3.8, 4) is 0 Å². The van der Waals surface area contributed by atoms with E-state index in [1.54, 1.807) is 10.6 Å². The molecule has 2 fully saturated rings. The molecule has 56 heavy (non-hydrogen) atoms. The number of anilines is 1. The Labute approximate surface area is 322 Å². The summed E-state index contributed by atoms with van der Waals surface area (Å²) < 4.78 is 88.5. The highest BCUT2D eigenvalue weighted by atomic mass is 32.2. The van der Waals surface area contributed by atoms with Gasteiger partial charge < -0.3 is 39.5 Å². The molecule has 0 amide bonds. The summed E-state index contributed by atoms with van der Waals surface area (Å²) in [5, 5.41) is 2.29. The zero-order chi connectivity index (χ0) is 39.9. The molecule has 300 valence electrons. The fraction of sp³-hybridized carbons (Fsp3) is 0.323. The third-order valence-corrected chi connectivity index (χ3v) is 15.7. The lowest BCUT2D eigenvalue weighted by atomic mass is 10.1. The van der Waals surface area contributed by atoms with Crippen molar-refractivity contribution in [2.75, 3.05) is 18.1 Å². The first kappa shape index (κ1) is 41.3. The van der Waals surface area contributed by atoms with Crippen LogP contribution < -0.4 is 5.73 Å². The van der Waals surface area contributed by atoms with Crippen LogP contribution in [0.15, 0.2) is 84.3 Å². The number of nitrogen functional groups attached to an aromatic ring is 1. The van der Waals surface area contributed by atoms with Gasteiger partial charge in [-0.15, -0.1) is 0 Å². The molecule has 0 saturated carbocycles. The van der Waals surface area contributed by atoms with E-state index in [9.17, 15) is 37.8 Å². The van der Waals surface area contributed by atoms with Crippen molar-refractivity contribution < 1.29 is 69.5 Å². The number of nitrogens with zero attached hydrogens (tertiary/aromatic N) is 4. The van der Waals surface area contributed by atoms with Crippen molar-refractivity contribution >= 4 is 70.6 Å². The molecular weight excluding hydrogens is 838 g/mol. The standard InChI is InChI=1S/C31H35N5O15P4S/c1-2-14-56-31-34-27(32)24-28(35-31)36(18-33-24)29-26-25(47-30(48-26)22-13-12-20-10-6-7-11-21(20)15-22)23(46-29)16-45-53(39,40)50-55(43,44)51-54(41,42)49-52(37,38)17-19-8-4-3-5-9-19/h3-13,15,18,23,25-26,29-30H,2,14,16-17H2,1H3,(H,37,38)(H,39,40)(H,41,42)(H,43,44)(H2,32,34,35)/t23-,25?,26+,29-,30?/m1/s1. The van der Waals surface area contributed by atoms with Crippen molar-refractivity contribution in [2.24, 2.45) is 0 Å². The van der Waals surface area contributed by atoms with Crippen molar-refractivity contribution in [1.29, 1.82) is 0 Å². The van der Waals surface area contributed by atoms with Gasteiger partial charge in [-0.05, 0) is 28.8 Å². The summed E-state index contributed by atoms with van der Waals surface area (Å²) in [7, 11) is -22.5. The van der Waals surface area contributed by atoms with E-state index in [0.717, 1.165) is 22.9 Å². The van der Waals surface area contributed by atoms with Crippen LogP contribution in [0, 0.1) is 0 Å². The number of fused-ring (bicyclic) bond motifs is 3. The first-order chi connectivity index (χ1) is 26.5. The maximum absolute atomic E-state index is 13.0. The number of benzene rings is 3. The molecule has 20 nitrogen and oxygen atoms in total. The summed E-state index contributed by atoms with van der Waals surface area (Å²) in [5.74, 6) is 0.853. The molecule has 2 aliphatic heterocycles. The Morgan fingerprint density at radius 3 is 2.25 bits per heavy atom. The van der Waals surface area contributed by atoms with Gasteiger partial charge in [0.1, 0.15) is 23.8 Å². The van der Waals surface area contributed by atoms with Gasteiger partial charge in [-0.3, -0.25) is 13.7 Å².